The molecule has 1 aromatic heterocycles. The molecule has 1 saturated heterocycles. The maximum absolute atomic E-state index is 5.15. The van der Waals surface area contributed by atoms with Crippen LogP contribution < -0.4 is 0 Å². The number of hydrogen-bond donors (Lipinski definition) is 0. The first-order chi connectivity index (χ1) is 6.20. The Labute approximate surface area is 78.1 Å². The number of aryl methyl sites for hydroxylation is 1. The van der Waals surface area contributed by atoms with E-state index < -0.39 is 0 Å². The van der Waals surface area contributed by atoms with Crippen LogP contribution >= 0.6 is 0 Å². The van der Waals surface area contributed by atoms with Gasteiger partial charge in [-0.3, -0.25) is 0 Å². The van der Waals surface area contributed by atoms with Crippen molar-refractivity contribution in [1.29, 1.82) is 0 Å². The van der Waals surface area contributed by atoms with Gasteiger partial charge < -0.3 is 4.74 Å². The average Bonchev–Trinajstić information content (AvgIpc) is 2.03. The van der Waals surface area contributed by atoms with E-state index in [2.05, 4.69) is 24.0 Å². The Kier molecular flexibility index (Phi) is 2.04. The second-order valence-corrected chi connectivity index (χ2v) is 3.66. The van der Waals surface area contributed by atoms with Gasteiger partial charge in [0, 0.05) is 0 Å². The summed E-state index contributed by atoms with van der Waals surface area (Å²) in [6, 6.07) is 0. The van der Waals surface area contributed by atoms with Crippen molar-refractivity contribution in [2.45, 2.75) is 26.7 Å². The van der Waals surface area contributed by atoms with Crippen molar-refractivity contribution in [2.24, 2.45) is 0 Å². The Morgan fingerprint density at radius 2 is 1.77 bits per heavy atom. The van der Waals surface area contributed by atoms with Crippen LogP contribution in [0.25, 0.3) is 0 Å². The highest BCUT2D eigenvalue weighted by molar-refractivity contribution is 5.32. The molecule has 1 aliphatic heterocycles. The molecule has 0 unspecified atom stereocenters. The van der Waals surface area contributed by atoms with Crippen LogP contribution in [0.3, 0.4) is 0 Å². The molecule has 3 heteroatoms. The van der Waals surface area contributed by atoms with Crippen molar-refractivity contribution in [1.82, 2.24) is 10.2 Å². The summed E-state index contributed by atoms with van der Waals surface area (Å²) < 4.78 is 5.15. The second kappa shape index (κ2) is 3.07. The van der Waals surface area contributed by atoms with Crippen LogP contribution in [-0.4, -0.2) is 23.4 Å². The molecule has 0 amide bonds. The quantitative estimate of drug-likeness (QED) is 0.654. The minimum atomic E-state index is 0.479. The molecule has 1 aliphatic rings. The monoisotopic (exact) mass is 178 g/mol. The molecule has 13 heavy (non-hydrogen) atoms. The lowest BCUT2D eigenvalue weighted by Crippen LogP contribution is -2.27. The third-order valence-electron chi connectivity index (χ3n) is 2.82. The van der Waals surface area contributed by atoms with Crippen molar-refractivity contribution in [3.05, 3.63) is 22.5 Å². The summed E-state index contributed by atoms with van der Waals surface area (Å²) in [7, 11) is 0. The van der Waals surface area contributed by atoms with Gasteiger partial charge in [0.2, 0.25) is 0 Å². The van der Waals surface area contributed by atoms with Crippen LogP contribution in [0.15, 0.2) is 0 Å². The van der Waals surface area contributed by atoms with Crippen LogP contribution in [0.1, 0.15) is 28.4 Å². The third-order valence-corrected chi connectivity index (χ3v) is 2.82. The molecule has 0 saturated carbocycles. The van der Waals surface area contributed by atoms with E-state index in [0.717, 1.165) is 24.6 Å². The molecule has 2 rings (SSSR count). The van der Waals surface area contributed by atoms with Crippen LogP contribution in [0.2, 0.25) is 0 Å². The maximum Gasteiger partial charge on any atom is 0.0740 e. The van der Waals surface area contributed by atoms with Crippen molar-refractivity contribution in [2.75, 3.05) is 13.2 Å². The van der Waals surface area contributed by atoms with Crippen molar-refractivity contribution >= 4 is 0 Å². The number of rotatable bonds is 1. The molecule has 0 radical (unpaired) electrons. The molecule has 1 aromatic rings. The Morgan fingerprint density at radius 1 is 1.08 bits per heavy atom. The van der Waals surface area contributed by atoms with Gasteiger partial charge >= 0.3 is 0 Å². The van der Waals surface area contributed by atoms with E-state index in [0.29, 0.717) is 5.92 Å². The zero-order valence-corrected chi connectivity index (χ0v) is 8.29. The minimum absolute atomic E-state index is 0.479. The third kappa shape index (κ3) is 1.33. The summed E-state index contributed by atoms with van der Waals surface area (Å²) in [6.07, 6.45) is 0. The van der Waals surface area contributed by atoms with Gasteiger partial charge in [0.05, 0.1) is 30.5 Å². The molecule has 0 aliphatic carbocycles. The first-order valence-corrected chi connectivity index (χ1v) is 4.58. The molecule has 0 aromatic carbocycles. The number of ether oxygens (including phenoxy) is 1. The van der Waals surface area contributed by atoms with Crippen LogP contribution in [0, 0.1) is 20.8 Å². The second-order valence-electron chi connectivity index (χ2n) is 3.66. The molecule has 70 valence electrons. The van der Waals surface area contributed by atoms with Gasteiger partial charge in [0.1, 0.15) is 0 Å². The Bertz CT molecular complexity index is 332. The number of hydrogen-bond acceptors (Lipinski definition) is 3. The summed E-state index contributed by atoms with van der Waals surface area (Å²) in [5, 5.41) is 8.37. The van der Waals surface area contributed by atoms with Gasteiger partial charge in [-0.15, -0.1) is 0 Å². The fourth-order valence-electron chi connectivity index (χ4n) is 1.52. The Balaban J connectivity index is 2.41. The van der Waals surface area contributed by atoms with Crippen molar-refractivity contribution < 1.29 is 4.74 Å². The fourth-order valence-corrected chi connectivity index (χ4v) is 1.52. The minimum Gasteiger partial charge on any atom is -0.380 e. The van der Waals surface area contributed by atoms with E-state index in [4.69, 9.17) is 4.74 Å². The number of nitrogens with zero attached hydrogens (tertiary/aromatic N) is 2. The predicted molar refractivity (Wildman–Crippen MR) is 49.8 cm³/mol. The molecular formula is C10H14N2O. The molecular weight excluding hydrogens is 164 g/mol. The summed E-state index contributed by atoms with van der Waals surface area (Å²) in [4.78, 5) is 0. The smallest absolute Gasteiger partial charge is 0.0740 e. The zero-order chi connectivity index (χ0) is 9.42. The van der Waals surface area contributed by atoms with Crippen molar-refractivity contribution in [3.8, 4) is 0 Å². The summed E-state index contributed by atoms with van der Waals surface area (Å²) >= 11 is 0. The summed E-state index contributed by atoms with van der Waals surface area (Å²) in [6.45, 7) is 7.82. The summed E-state index contributed by atoms with van der Waals surface area (Å²) in [5.74, 6) is 0.479. The zero-order valence-electron chi connectivity index (χ0n) is 8.29. The van der Waals surface area contributed by atoms with E-state index in [-0.39, 0.29) is 0 Å². The highest BCUT2D eigenvalue weighted by atomic mass is 16.5. The first kappa shape index (κ1) is 8.63. The standard InChI is InChI=1S/C10H14N2O/c1-6-7(2)10(9-4-13-5-9)12-11-8(6)3/h9H,4-5H2,1-3H3. The molecule has 0 atom stereocenters. The molecule has 1 fully saturated rings. The van der Waals surface area contributed by atoms with Crippen LogP contribution in [0.4, 0.5) is 0 Å². The van der Waals surface area contributed by atoms with Gasteiger partial charge in [-0.2, -0.15) is 10.2 Å². The normalized spacial score (nSPS) is 17.2. The van der Waals surface area contributed by atoms with Gasteiger partial charge in [-0.1, -0.05) is 0 Å². The molecule has 0 N–H and O–H groups in total. The van der Waals surface area contributed by atoms with E-state index in [1.807, 2.05) is 6.92 Å². The number of aromatic nitrogens is 2. The van der Waals surface area contributed by atoms with Crippen molar-refractivity contribution in [3.63, 3.8) is 0 Å². The highest BCUT2D eigenvalue weighted by Gasteiger charge is 2.24. The Morgan fingerprint density at radius 3 is 2.31 bits per heavy atom. The van der Waals surface area contributed by atoms with Crippen LogP contribution in [-0.2, 0) is 4.74 Å². The van der Waals surface area contributed by atoms with Gasteiger partial charge in [-0.25, -0.2) is 0 Å². The molecule has 3 nitrogen and oxygen atoms in total. The lowest BCUT2D eigenvalue weighted by Gasteiger charge is -2.26. The van der Waals surface area contributed by atoms with E-state index in [1.54, 1.807) is 0 Å². The first-order valence-electron chi connectivity index (χ1n) is 4.58. The van der Waals surface area contributed by atoms with Gasteiger partial charge in [-0.05, 0) is 31.9 Å². The largest absolute Gasteiger partial charge is 0.380 e. The van der Waals surface area contributed by atoms with Gasteiger partial charge in [0.15, 0.2) is 0 Å². The van der Waals surface area contributed by atoms with E-state index >= 15 is 0 Å². The topological polar surface area (TPSA) is 35.0 Å². The molecule has 0 bridgehead atoms. The van der Waals surface area contributed by atoms with E-state index in [1.165, 1.54) is 11.1 Å². The Hall–Kier alpha value is -0.960. The predicted octanol–water partition coefficient (Wildman–Crippen LogP) is 1.52. The fraction of sp³-hybridized carbons (Fsp3) is 0.600. The highest BCUT2D eigenvalue weighted by Crippen LogP contribution is 2.26. The molecule has 2 heterocycles. The van der Waals surface area contributed by atoms with E-state index in [9.17, 15) is 0 Å². The SMILES string of the molecule is Cc1nnc(C2COC2)c(C)c1C. The average molecular weight is 178 g/mol. The van der Waals surface area contributed by atoms with Gasteiger partial charge in [0.25, 0.3) is 0 Å². The lowest BCUT2D eigenvalue weighted by atomic mass is 9.97. The molecule has 0 spiro atoms. The lowest BCUT2D eigenvalue weighted by molar-refractivity contribution is 0.00603. The maximum atomic E-state index is 5.15. The van der Waals surface area contributed by atoms with Crippen LogP contribution in [0.5, 0.6) is 0 Å². The summed E-state index contributed by atoms with van der Waals surface area (Å²) in [5.41, 5.74) is 4.69.